The van der Waals surface area contributed by atoms with Gasteiger partial charge in [-0.25, -0.2) is 4.79 Å². The lowest BCUT2D eigenvalue weighted by Crippen LogP contribution is -2.47. The molecule has 0 spiro atoms. The molecule has 2 N–H and O–H groups in total. The van der Waals surface area contributed by atoms with Crippen molar-refractivity contribution in [1.29, 1.82) is 0 Å². The number of carboxylic acids is 1. The first kappa shape index (κ1) is 16.5. The van der Waals surface area contributed by atoms with Crippen LogP contribution in [0.3, 0.4) is 0 Å². The van der Waals surface area contributed by atoms with Gasteiger partial charge in [0, 0.05) is 13.2 Å². The summed E-state index contributed by atoms with van der Waals surface area (Å²) in [5.41, 5.74) is 0.637. The molecule has 0 radical (unpaired) electrons. The Hall–Kier alpha value is -1.88. The number of ether oxygens (including phenoxy) is 1. The van der Waals surface area contributed by atoms with Gasteiger partial charge in [0.25, 0.3) is 5.91 Å². The summed E-state index contributed by atoms with van der Waals surface area (Å²) in [6.07, 6.45) is 4.32. The summed E-state index contributed by atoms with van der Waals surface area (Å²) < 4.78 is 5.72. The van der Waals surface area contributed by atoms with E-state index < -0.39 is 11.6 Å². The summed E-state index contributed by atoms with van der Waals surface area (Å²) in [6, 6.07) is 6.73. The second-order valence-corrected chi connectivity index (χ2v) is 5.64. The Morgan fingerprint density at radius 1 is 1.23 bits per heavy atom. The van der Waals surface area contributed by atoms with Gasteiger partial charge in [-0.15, -0.1) is 0 Å². The van der Waals surface area contributed by atoms with Crippen molar-refractivity contribution in [3.8, 4) is 0 Å². The van der Waals surface area contributed by atoms with E-state index in [9.17, 15) is 9.59 Å². The van der Waals surface area contributed by atoms with Crippen LogP contribution in [0.25, 0.3) is 0 Å². The molecule has 120 valence electrons. The summed E-state index contributed by atoms with van der Waals surface area (Å²) >= 11 is 0. The molecule has 5 nitrogen and oxygen atoms in total. The molecule has 0 bridgehead atoms. The highest BCUT2D eigenvalue weighted by molar-refractivity contribution is 5.87. The summed E-state index contributed by atoms with van der Waals surface area (Å²) in [4.78, 5) is 23.2. The van der Waals surface area contributed by atoms with Crippen molar-refractivity contribution in [3.05, 3.63) is 35.4 Å². The average molecular weight is 305 g/mol. The van der Waals surface area contributed by atoms with Crippen molar-refractivity contribution in [2.75, 3.05) is 13.2 Å². The van der Waals surface area contributed by atoms with Crippen LogP contribution < -0.4 is 5.32 Å². The first-order valence-electron chi connectivity index (χ1n) is 7.82. The van der Waals surface area contributed by atoms with Gasteiger partial charge < -0.3 is 15.2 Å². The number of aromatic carboxylic acids is 1. The lowest BCUT2D eigenvalue weighted by Gasteiger charge is -2.27. The topological polar surface area (TPSA) is 75.6 Å². The molecule has 1 saturated carbocycles. The Kier molecular flexibility index (Phi) is 5.55. The van der Waals surface area contributed by atoms with Gasteiger partial charge in [0.2, 0.25) is 0 Å². The van der Waals surface area contributed by atoms with E-state index in [0.29, 0.717) is 19.6 Å². The highest BCUT2D eigenvalue weighted by Crippen LogP contribution is 2.33. The summed E-state index contributed by atoms with van der Waals surface area (Å²) in [6.45, 7) is 2.99. The molecule has 0 atom stereocenters. The minimum Gasteiger partial charge on any atom is -0.478 e. The minimum absolute atomic E-state index is 0.0194. The number of hydrogen-bond donors (Lipinski definition) is 2. The van der Waals surface area contributed by atoms with Crippen LogP contribution in [0.15, 0.2) is 24.3 Å². The molecule has 22 heavy (non-hydrogen) atoms. The highest BCUT2D eigenvalue weighted by Gasteiger charge is 2.41. The maximum Gasteiger partial charge on any atom is 0.335 e. The van der Waals surface area contributed by atoms with E-state index in [-0.39, 0.29) is 11.5 Å². The van der Waals surface area contributed by atoms with E-state index in [1.807, 2.05) is 6.92 Å². The van der Waals surface area contributed by atoms with Crippen LogP contribution in [-0.4, -0.2) is 35.7 Å². The van der Waals surface area contributed by atoms with Crippen molar-refractivity contribution < 1.29 is 19.4 Å². The smallest absolute Gasteiger partial charge is 0.335 e. The molecule has 1 aliphatic carbocycles. The summed E-state index contributed by atoms with van der Waals surface area (Å²) in [5.74, 6) is -0.950. The number of rotatable bonds is 7. The van der Waals surface area contributed by atoms with Gasteiger partial charge >= 0.3 is 5.97 Å². The first-order chi connectivity index (χ1) is 10.6. The SMILES string of the molecule is CCOC1(C(=O)NCCc2ccc(C(=O)O)cc2)CCCC1. The second-order valence-electron chi connectivity index (χ2n) is 5.64. The van der Waals surface area contributed by atoms with Crippen molar-refractivity contribution >= 4 is 11.9 Å². The van der Waals surface area contributed by atoms with Gasteiger partial charge in [0.1, 0.15) is 5.60 Å². The van der Waals surface area contributed by atoms with Crippen molar-refractivity contribution in [1.82, 2.24) is 5.32 Å². The number of carbonyl (C=O) groups excluding carboxylic acids is 1. The molecule has 1 aromatic carbocycles. The molecule has 1 aromatic rings. The average Bonchev–Trinajstić information content (AvgIpc) is 2.98. The normalized spacial score (nSPS) is 16.4. The fraction of sp³-hybridized carbons (Fsp3) is 0.529. The van der Waals surface area contributed by atoms with Gasteiger partial charge in [0.05, 0.1) is 5.56 Å². The molecule has 0 unspecified atom stereocenters. The molecule has 1 fully saturated rings. The number of benzene rings is 1. The third-order valence-corrected chi connectivity index (χ3v) is 4.15. The Bertz CT molecular complexity index is 518. The number of carboxylic acid groups (broad SMARTS) is 1. The molecular formula is C17H23NO4. The molecule has 1 amide bonds. The second kappa shape index (κ2) is 7.40. The van der Waals surface area contributed by atoms with E-state index in [1.165, 1.54) is 0 Å². The Morgan fingerprint density at radius 3 is 2.41 bits per heavy atom. The monoisotopic (exact) mass is 305 g/mol. The molecule has 0 aromatic heterocycles. The van der Waals surface area contributed by atoms with Gasteiger partial charge in [-0.05, 0) is 56.7 Å². The third kappa shape index (κ3) is 3.85. The number of hydrogen-bond acceptors (Lipinski definition) is 3. The zero-order valence-electron chi connectivity index (χ0n) is 12.9. The van der Waals surface area contributed by atoms with Gasteiger partial charge in [-0.3, -0.25) is 4.79 Å². The van der Waals surface area contributed by atoms with Crippen LogP contribution in [0.1, 0.15) is 48.5 Å². The van der Waals surface area contributed by atoms with E-state index in [2.05, 4.69) is 5.32 Å². The van der Waals surface area contributed by atoms with Crippen molar-refractivity contribution in [3.63, 3.8) is 0 Å². The largest absolute Gasteiger partial charge is 0.478 e. The van der Waals surface area contributed by atoms with Crippen LogP contribution in [0, 0.1) is 0 Å². The molecule has 1 aliphatic rings. The predicted octanol–water partition coefficient (Wildman–Crippen LogP) is 2.39. The molecular weight excluding hydrogens is 282 g/mol. The lowest BCUT2D eigenvalue weighted by atomic mass is 10.0. The highest BCUT2D eigenvalue weighted by atomic mass is 16.5. The maximum atomic E-state index is 12.4. The van der Waals surface area contributed by atoms with Gasteiger partial charge in [-0.2, -0.15) is 0 Å². The predicted molar refractivity (Wildman–Crippen MR) is 82.9 cm³/mol. The standard InChI is InChI=1S/C17H23NO4/c1-2-22-17(10-3-4-11-17)16(21)18-12-9-13-5-7-14(8-6-13)15(19)20/h5-8H,2-4,9-12H2,1H3,(H,18,21)(H,19,20). The number of carbonyl (C=O) groups is 2. The molecule has 0 aliphatic heterocycles. The fourth-order valence-corrected chi connectivity index (χ4v) is 2.95. The zero-order valence-corrected chi connectivity index (χ0v) is 12.9. The van der Waals surface area contributed by atoms with Crippen LogP contribution in [0.4, 0.5) is 0 Å². The zero-order chi connectivity index (χ0) is 16.0. The van der Waals surface area contributed by atoms with Crippen molar-refractivity contribution in [2.24, 2.45) is 0 Å². The number of amides is 1. The van der Waals surface area contributed by atoms with Gasteiger partial charge in [0.15, 0.2) is 0 Å². The Morgan fingerprint density at radius 2 is 1.86 bits per heavy atom. The molecule has 5 heteroatoms. The summed E-state index contributed by atoms with van der Waals surface area (Å²) in [7, 11) is 0. The lowest BCUT2D eigenvalue weighted by molar-refractivity contribution is -0.145. The third-order valence-electron chi connectivity index (χ3n) is 4.15. The molecule has 0 saturated heterocycles. The van der Waals surface area contributed by atoms with Crippen LogP contribution >= 0.6 is 0 Å². The van der Waals surface area contributed by atoms with Crippen LogP contribution in [-0.2, 0) is 16.0 Å². The Labute approximate surface area is 130 Å². The minimum atomic E-state index is -0.931. The quantitative estimate of drug-likeness (QED) is 0.811. The molecule has 0 heterocycles. The van der Waals surface area contributed by atoms with E-state index >= 15 is 0 Å². The first-order valence-corrected chi connectivity index (χ1v) is 7.82. The van der Waals surface area contributed by atoms with Crippen LogP contribution in [0.5, 0.6) is 0 Å². The number of nitrogens with one attached hydrogen (secondary N) is 1. The Balaban J connectivity index is 1.84. The van der Waals surface area contributed by atoms with E-state index in [1.54, 1.807) is 24.3 Å². The summed E-state index contributed by atoms with van der Waals surface area (Å²) in [5, 5.41) is 11.8. The van der Waals surface area contributed by atoms with E-state index in [0.717, 1.165) is 31.2 Å². The van der Waals surface area contributed by atoms with Gasteiger partial charge in [-0.1, -0.05) is 12.1 Å². The fourth-order valence-electron chi connectivity index (χ4n) is 2.95. The van der Waals surface area contributed by atoms with E-state index in [4.69, 9.17) is 9.84 Å². The molecule has 2 rings (SSSR count). The van der Waals surface area contributed by atoms with Crippen LogP contribution in [0.2, 0.25) is 0 Å². The maximum absolute atomic E-state index is 12.4. The van der Waals surface area contributed by atoms with Crippen molar-refractivity contribution in [2.45, 2.75) is 44.6 Å².